The Bertz CT molecular complexity index is 854. The minimum Gasteiger partial charge on any atom is -0.333 e. The van der Waals surface area contributed by atoms with Gasteiger partial charge in [-0.15, -0.1) is 0 Å². The summed E-state index contributed by atoms with van der Waals surface area (Å²) in [6.07, 6.45) is 2.11. The number of carbonyl (C=O) groups is 2. The molecule has 3 amide bonds. The van der Waals surface area contributed by atoms with E-state index >= 15 is 0 Å². The summed E-state index contributed by atoms with van der Waals surface area (Å²) < 4.78 is 13.4. The van der Waals surface area contributed by atoms with E-state index in [9.17, 15) is 14.0 Å². The maximum atomic E-state index is 13.4. The van der Waals surface area contributed by atoms with Crippen LogP contribution in [-0.4, -0.2) is 31.1 Å². The zero-order valence-electron chi connectivity index (χ0n) is 14.3. The summed E-state index contributed by atoms with van der Waals surface area (Å²) in [6.45, 7) is 1.01. The van der Waals surface area contributed by atoms with Crippen LogP contribution in [0, 0.1) is 5.82 Å². The molecular formula is C20H20FN3O2. The van der Waals surface area contributed by atoms with Crippen LogP contribution in [0.15, 0.2) is 48.5 Å². The quantitative estimate of drug-likeness (QED) is 0.902. The number of fused-ring (bicyclic) bond motifs is 1. The lowest BCUT2D eigenvalue weighted by Crippen LogP contribution is -2.47. The highest BCUT2D eigenvalue weighted by atomic mass is 19.1. The molecule has 0 aromatic heterocycles. The van der Waals surface area contributed by atoms with Crippen molar-refractivity contribution >= 4 is 23.3 Å². The lowest BCUT2D eigenvalue weighted by molar-refractivity contribution is -0.117. The lowest BCUT2D eigenvalue weighted by Gasteiger charge is -2.30. The van der Waals surface area contributed by atoms with Crippen LogP contribution in [0.4, 0.5) is 20.6 Å². The summed E-state index contributed by atoms with van der Waals surface area (Å²) in [5.41, 5.74) is 2.62. The molecule has 1 saturated heterocycles. The third-order valence-electron chi connectivity index (χ3n) is 4.93. The molecule has 1 fully saturated rings. The molecule has 5 nitrogen and oxygen atoms in total. The Morgan fingerprint density at radius 1 is 1.15 bits per heavy atom. The molecule has 1 atom stereocenters. The summed E-state index contributed by atoms with van der Waals surface area (Å²) in [4.78, 5) is 28.3. The van der Waals surface area contributed by atoms with E-state index in [0.29, 0.717) is 18.8 Å². The van der Waals surface area contributed by atoms with Crippen LogP contribution in [0.3, 0.4) is 0 Å². The standard InChI is InChI=1S/C20H20FN3O2/c21-15-7-3-8-17(11-15)24-13-16(12-19(24)25)22-20(26)23-10-4-6-14-5-1-2-9-18(14)23/h1-3,5,7-9,11,16H,4,6,10,12-13H2,(H,22,26). The molecule has 1 unspecified atom stereocenters. The van der Waals surface area contributed by atoms with Crippen LogP contribution in [0.2, 0.25) is 0 Å². The highest BCUT2D eigenvalue weighted by molar-refractivity contribution is 5.98. The van der Waals surface area contributed by atoms with E-state index in [4.69, 9.17) is 0 Å². The molecule has 0 saturated carbocycles. The van der Waals surface area contributed by atoms with Crippen molar-refractivity contribution < 1.29 is 14.0 Å². The summed E-state index contributed by atoms with van der Waals surface area (Å²) in [5, 5.41) is 2.96. The van der Waals surface area contributed by atoms with Gasteiger partial charge in [-0.2, -0.15) is 0 Å². The molecule has 4 rings (SSSR count). The smallest absolute Gasteiger partial charge is 0.322 e. The Morgan fingerprint density at radius 3 is 2.85 bits per heavy atom. The van der Waals surface area contributed by atoms with E-state index in [-0.39, 0.29) is 30.2 Å². The first-order valence-electron chi connectivity index (χ1n) is 8.84. The first-order chi connectivity index (χ1) is 12.6. The van der Waals surface area contributed by atoms with Crippen LogP contribution < -0.4 is 15.1 Å². The van der Waals surface area contributed by atoms with Gasteiger partial charge in [0.15, 0.2) is 0 Å². The van der Waals surface area contributed by atoms with Gasteiger partial charge in [-0.25, -0.2) is 9.18 Å². The molecule has 2 aromatic rings. The molecule has 2 aliphatic rings. The van der Waals surface area contributed by atoms with Crippen LogP contribution in [0.1, 0.15) is 18.4 Å². The van der Waals surface area contributed by atoms with Gasteiger partial charge in [-0.05, 0) is 42.7 Å². The number of aryl methyl sites for hydroxylation is 1. The molecule has 1 N–H and O–H groups in total. The number of urea groups is 1. The number of para-hydroxylation sites is 1. The minimum atomic E-state index is -0.382. The SMILES string of the molecule is O=C1CC(NC(=O)N2CCCc3ccccc32)CN1c1cccc(F)c1. The van der Waals surface area contributed by atoms with Crippen molar-refractivity contribution in [1.29, 1.82) is 0 Å². The summed E-state index contributed by atoms with van der Waals surface area (Å²) >= 11 is 0. The maximum Gasteiger partial charge on any atom is 0.322 e. The van der Waals surface area contributed by atoms with Crippen molar-refractivity contribution in [2.24, 2.45) is 0 Å². The van der Waals surface area contributed by atoms with Crippen LogP contribution in [0.5, 0.6) is 0 Å². The fourth-order valence-corrected chi connectivity index (χ4v) is 3.69. The summed E-state index contributed by atoms with van der Waals surface area (Å²) in [7, 11) is 0. The Balaban J connectivity index is 1.46. The van der Waals surface area contributed by atoms with Gasteiger partial charge in [0, 0.05) is 30.9 Å². The number of nitrogens with one attached hydrogen (secondary N) is 1. The monoisotopic (exact) mass is 353 g/mol. The number of anilines is 2. The molecule has 0 radical (unpaired) electrons. The highest BCUT2D eigenvalue weighted by Gasteiger charge is 2.33. The third-order valence-corrected chi connectivity index (χ3v) is 4.93. The van der Waals surface area contributed by atoms with E-state index in [1.165, 1.54) is 17.0 Å². The van der Waals surface area contributed by atoms with E-state index in [1.807, 2.05) is 24.3 Å². The number of halogens is 1. The number of hydrogen-bond acceptors (Lipinski definition) is 2. The van der Waals surface area contributed by atoms with Crippen LogP contribution in [-0.2, 0) is 11.2 Å². The number of benzene rings is 2. The molecule has 0 aliphatic carbocycles. The average molecular weight is 353 g/mol. The van der Waals surface area contributed by atoms with Crippen molar-refractivity contribution in [2.45, 2.75) is 25.3 Å². The molecule has 26 heavy (non-hydrogen) atoms. The number of hydrogen-bond donors (Lipinski definition) is 1. The first-order valence-corrected chi connectivity index (χ1v) is 8.84. The largest absolute Gasteiger partial charge is 0.333 e. The van der Waals surface area contributed by atoms with Gasteiger partial charge in [0.05, 0.1) is 6.04 Å². The van der Waals surface area contributed by atoms with Gasteiger partial charge in [-0.1, -0.05) is 24.3 Å². The molecule has 2 heterocycles. The van der Waals surface area contributed by atoms with Gasteiger partial charge in [0.1, 0.15) is 5.82 Å². The van der Waals surface area contributed by atoms with Crippen molar-refractivity contribution in [2.75, 3.05) is 22.9 Å². The van der Waals surface area contributed by atoms with Gasteiger partial charge >= 0.3 is 6.03 Å². The van der Waals surface area contributed by atoms with Gasteiger partial charge in [0.2, 0.25) is 5.91 Å². The normalized spacial score (nSPS) is 19.4. The molecule has 0 spiro atoms. The zero-order valence-corrected chi connectivity index (χ0v) is 14.3. The van der Waals surface area contributed by atoms with Crippen molar-refractivity contribution in [3.63, 3.8) is 0 Å². The number of amides is 3. The second kappa shape index (κ2) is 6.78. The molecule has 0 bridgehead atoms. The Hall–Kier alpha value is -2.89. The van der Waals surface area contributed by atoms with Gasteiger partial charge in [-0.3, -0.25) is 9.69 Å². The molecule has 2 aliphatic heterocycles. The predicted molar refractivity (Wildman–Crippen MR) is 97.8 cm³/mol. The lowest BCUT2D eigenvalue weighted by atomic mass is 10.0. The van der Waals surface area contributed by atoms with Gasteiger partial charge < -0.3 is 10.2 Å². The van der Waals surface area contributed by atoms with E-state index in [1.54, 1.807) is 17.0 Å². The Kier molecular flexibility index (Phi) is 4.32. The van der Waals surface area contributed by atoms with Crippen molar-refractivity contribution in [3.05, 3.63) is 59.9 Å². The first kappa shape index (κ1) is 16.6. The fraction of sp³-hybridized carbons (Fsp3) is 0.300. The number of nitrogens with zero attached hydrogens (tertiary/aromatic N) is 2. The number of rotatable bonds is 2. The molecular weight excluding hydrogens is 333 g/mol. The highest BCUT2D eigenvalue weighted by Crippen LogP contribution is 2.27. The van der Waals surface area contributed by atoms with Crippen LogP contribution in [0.25, 0.3) is 0 Å². The number of carbonyl (C=O) groups excluding carboxylic acids is 2. The second-order valence-electron chi connectivity index (χ2n) is 6.72. The predicted octanol–water partition coefficient (Wildman–Crippen LogP) is 3.09. The summed E-state index contributed by atoms with van der Waals surface area (Å²) in [6, 6.07) is 13.4. The second-order valence-corrected chi connectivity index (χ2v) is 6.72. The van der Waals surface area contributed by atoms with E-state index in [0.717, 1.165) is 24.1 Å². The topological polar surface area (TPSA) is 52.7 Å². The Labute approximate surface area is 151 Å². The molecule has 2 aromatic carbocycles. The molecule has 134 valence electrons. The van der Waals surface area contributed by atoms with Crippen molar-refractivity contribution in [1.82, 2.24) is 5.32 Å². The van der Waals surface area contributed by atoms with Crippen molar-refractivity contribution in [3.8, 4) is 0 Å². The van der Waals surface area contributed by atoms with E-state index in [2.05, 4.69) is 5.32 Å². The van der Waals surface area contributed by atoms with Gasteiger partial charge in [0.25, 0.3) is 0 Å². The van der Waals surface area contributed by atoms with E-state index < -0.39 is 0 Å². The third kappa shape index (κ3) is 3.14. The maximum absolute atomic E-state index is 13.4. The molecule has 6 heteroatoms. The Morgan fingerprint density at radius 2 is 2.00 bits per heavy atom. The minimum absolute atomic E-state index is 0.111. The fourth-order valence-electron chi connectivity index (χ4n) is 3.69. The zero-order chi connectivity index (χ0) is 18.1. The van der Waals surface area contributed by atoms with Crippen LogP contribution >= 0.6 is 0 Å². The summed E-state index contributed by atoms with van der Waals surface area (Å²) in [5.74, 6) is -0.493. The average Bonchev–Trinajstić information content (AvgIpc) is 3.01.